The summed E-state index contributed by atoms with van der Waals surface area (Å²) in [6.07, 6.45) is 0. The number of para-hydroxylation sites is 3. The summed E-state index contributed by atoms with van der Waals surface area (Å²) in [5.41, 5.74) is 5.07. The van der Waals surface area contributed by atoms with Crippen LogP contribution in [0.3, 0.4) is 0 Å². The molecule has 4 aromatic rings. The molecule has 4 rings (SSSR count). The average Bonchev–Trinajstić information content (AvgIpc) is 3.17. The Labute approximate surface area is 201 Å². The Bertz CT molecular complexity index is 1180. The zero-order valence-electron chi connectivity index (χ0n) is 17.5. The highest BCUT2D eigenvalue weighted by Gasteiger charge is 2.20. The van der Waals surface area contributed by atoms with E-state index < -0.39 is 0 Å². The molecule has 0 aliphatic heterocycles. The van der Waals surface area contributed by atoms with E-state index >= 15 is 0 Å². The highest BCUT2D eigenvalue weighted by Crippen LogP contribution is 2.26. The van der Waals surface area contributed by atoms with E-state index in [0.29, 0.717) is 18.8 Å². The van der Waals surface area contributed by atoms with Crippen molar-refractivity contribution in [3.05, 3.63) is 99.9 Å². The molecule has 0 saturated carbocycles. The van der Waals surface area contributed by atoms with Crippen LogP contribution in [0, 0.1) is 17.0 Å². The van der Waals surface area contributed by atoms with Gasteiger partial charge < -0.3 is 22.3 Å². The van der Waals surface area contributed by atoms with Crippen molar-refractivity contribution in [2.75, 3.05) is 17.2 Å². The molecule has 1 heterocycles. The minimum atomic E-state index is -0.361. The molecule has 0 spiro atoms. The molecule has 0 saturated heterocycles. The van der Waals surface area contributed by atoms with E-state index in [1.165, 1.54) is 11.6 Å². The maximum absolute atomic E-state index is 11.3. The quantitative estimate of drug-likeness (QED) is 0.217. The van der Waals surface area contributed by atoms with Crippen molar-refractivity contribution in [1.82, 2.24) is 0 Å². The van der Waals surface area contributed by atoms with Crippen LogP contribution in [0.5, 0.6) is 0 Å². The van der Waals surface area contributed by atoms with Gasteiger partial charge in [-0.2, -0.15) is 0 Å². The van der Waals surface area contributed by atoms with E-state index in [2.05, 4.69) is 51.8 Å². The minimum Gasteiger partial charge on any atom is -1.00 e. The first-order chi connectivity index (χ1) is 15.1. The maximum Gasteiger partial charge on any atom is 0.339 e. The number of rotatable bonds is 8. The lowest BCUT2D eigenvalue weighted by Gasteiger charge is -2.09. The number of hydrogen-bond acceptors (Lipinski definition) is 5. The van der Waals surface area contributed by atoms with Gasteiger partial charge in [-0.05, 0) is 25.1 Å². The van der Waals surface area contributed by atoms with Crippen LogP contribution in [0.2, 0.25) is 0 Å². The standard InChI is InChI=1S/C24H22N4O2S.BrH/c1-18-11-13-19(14-12-18)23-17-31-24(26-20-7-3-2-4-8-20)27(23)16-15-25-21-9-5-6-10-22(21)28(29)30;/h2-14,17,25H,15-16H2,1H3;1H. The molecule has 1 aromatic heterocycles. The van der Waals surface area contributed by atoms with Gasteiger partial charge in [0.25, 0.3) is 5.69 Å². The highest BCUT2D eigenvalue weighted by molar-refractivity contribution is 7.13. The van der Waals surface area contributed by atoms with Crippen molar-refractivity contribution >= 4 is 33.5 Å². The van der Waals surface area contributed by atoms with E-state index in [1.54, 1.807) is 29.5 Å². The third kappa shape index (κ3) is 5.52. The number of thiazole rings is 1. The molecular weight excluding hydrogens is 488 g/mol. The summed E-state index contributed by atoms with van der Waals surface area (Å²) in [4.78, 5) is 10.9. The van der Waals surface area contributed by atoms with Gasteiger partial charge in [0.05, 0.1) is 11.5 Å². The fourth-order valence-corrected chi connectivity index (χ4v) is 4.33. The van der Waals surface area contributed by atoms with Gasteiger partial charge in [-0.3, -0.25) is 10.1 Å². The molecule has 0 fully saturated rings. The van der Waals surface area contributed by atoms with Gasteiger partial charge in [0, 0.05) is 17.0 Å². The SMILES string of the molecule is Cc1ccc(-c2csc(Nc3ccccc3)[n+]2CCNc2ccccc2[N+](=O)[O-])cc1.[Br-]. The number of anilines is 3. The number of benzene rings is 3. The summed E-state index contributed by atoms with van der Waals surface area (Å²) in [5, 5.41) is 21.2. The maximum atomic E-state index is 11.3. The first kappa shape index (κ1) is 23.4. The number of nitro benzene ring substituents is 1. The van der Waals surface area contributed by atoms with Gasteiger partial charge in [-0.1, -0.05) is 71.5 Å². The summed E-state index contributed by atoms with van der Waals surface area (Å²) in [5.74, 6) is 0. The molecule has 0 amide bonds. The van der Waals surface area contributed by atoms with Crippen molar-refractivity contribution in [3.63, 3.8) is 0 Å². The number of nitrogens with one attached hydrogen (secondary N) is 2. The average molecular weight is 511 g/mol. The fraction of sp³-hybridized carbons (Fsp3) is 0.125. The Kier molecular flexibility index (Phi) is 7.97. The fourth-order valence-electron chi connectivity index (χ4n) is 3.35. The Hall–Kier alpha value is -3.23. The summed E-state index contributed by atoms with van der Waals surface area (Å²) in [6, 6.07) is 25.2. The first-order valence-corrected chi connectivity index (χ1v) is 10.9. The number of nitro groups is 1. The molecule has 6 nitrogen and oxygen atoms in total. The molecule has 0 aliphatic rings. The third-order valence-corrected chi connectivity index (χ3v) is 5.83. The second-order valence-corrected chi connectivity index (χ2v) is 7.99. The lowest BCUT2D eigenvalue weighted by Crippen LogP contribution is -3.00. The Morgan fingerprint density at radius 3 is 2.38 bits per heavy atom. The summed E-state index contributed by atoms with van der Waals surface area (Å²) >= 11 is 1.64. The second-order valence-electron chi connectivity index (χ2n) is 7.14. The van der Waals surface area contributed by atoms with Crippen molar-refractivity contribution in [2.45, 2.75) is 13.5 Å². The highest BCUT2D eigenvalue weighted by atomic mass is 79.9. The van der Waals surface area contributed by atoms with E-state index in [4.69, 9.17) is 0 Å². The summed E-state index contributed by atoms with van der Waals surface area (Å²) < 4.78 is 2.21. The van der Waals surface area contributed by atoms with E-state index in [1.807, 2.05) is 30.3 Å². The molecule has 0 bridgehead atoms. The first-order valence-electron chi connectivity index (χ1n) is 9.99. The van der Waals surface area contributed by atoms with Crippen molar-refractivity contribution < 1.29 is 26.5 Å². The van der Waals surface area contributed by atoms with Crippen LogP contribution in [-0.2, 0) is 6.54 Å². The molecule has 2 N–H and O–H groups in total. The zero-order chi connectivity index (χ0) is 21.6. The predicted molar refractivity (Wildman–Crippen MR) is 126 cm³/mol. The van der Waals surface area contributed by atoms with Crippen LogP contribution >= 0.6 is 11.3 Å². The molecule has 164 valence electrons. The number of nitrogens with zero attached hydrogens (tertiary/aromatic N) is 2. The van der Waals surface area contributed by atoms with Gasteiger partial charge >= 0.3 is 5.13 Å². The largest absolute Gasteiger partial charge is 1.00 e. The molecule has 3 aromatic carbocycles. The van der Waals surface area contributed by atoms with Crippen LogP contribution in [-0.4, -0.2) is 11.5 Å². The van der Waals surface area contributed by atoms with Gasteiger partial charge in [-0.15, -0.1) is 0 Å². The lowest BCUT2D eigenvalue weighted by molar-refractivity contribution is -0.665. The zero-order valence-corrected chi connectivity index (χ0v) is 19.9. The summed E-state index contributed by atoms with van der Waals surface area (Å²) in [7, 11) is 0. The molecule has 8 heteroatoms. The molecule has 0 radical (unpaired) electrons. The van der Waals surface area contributed by atoms with Crippen LogP contribution in [0.1, 0.15) is 5.56 Å². The van der Waals surface area contributed by atoms with Crippen LogP contribution in [0.25, 0.3) is 11.3 Å². The molecule has 0 unspecified atom stereocenters. The van der Waals surface area contributed by atoms with E-state index in [9.17, 15) is 10.1 Å². The lowest BCUT2D eigenvalue weighted by atomic mass is 10.1. The Balaban J connectivity index is 0.00000289. The number of aryl methyl sites for hydroxylation is 1. The summed E-state index contributed by atoms with van der Waals surface area (Å²) in [6.45, 7) is 3.27. The van der Waals surface area contributed by atoms with Crippen LogP contribution < -0.4 is 32.2 Å². The predicted octanol–water partition coefficient (Wildman–Crippen LogP) is 2.78. The monoisotopic (exact) mass is 510 g/mol. The number of hydrogen-bond donors (Lipinski definition) is 2. The van der Waals surface area contributed by atoms with Gasteiger partial charge in [0.2, 0.25) is 0 Å². The van der Waals surface area contributed by atoms with Crippen LogP contribution in [0.4, 0.5) is 22.2 Å². The van der Waals surface area contributed by atoms with Crippen molar-refractivity contribution in [1.29, 1.82) is 0 Å². The van der Waals surface area contributed by atoms with Gasteiger partial charge in [0.1, 0.15) is 23.6 Å². The van der Waals surface area contributed by atoms with E-state index in [-0.39, 0.29) is 27.6 Å². The molecule has 0 aliphatic carbocycles. The third-order valence-electron chi connectivity index (χ3n) is 4.94. The number of halogens is 1. The molecular formula is C24H23BrN4O2S. The Morgan fingerprint density at radius 1 is 0.969 bits per heavy atom. The normalized spacial score (nSPS) is 10.3. The second kappa shape index (κ2) is 10.9. The molecule has 32 heavy (non-hydrogen) atoms. The van der Waals surface area contributed by atoms with Crippen LogP contribution in [0.15, 0.2) is 84.2 Å². The Morgan fingerprint density at radius 2 is 1.66 bits per heavy atom. The smallest absolute Gasteiger partial charge is 0.339 e. The van der Waals surface area contributed by atoms with Gasteiger partial charge in [-0.25, -0.2) is 9.88 Å². The van der Waals surface area contributed by atoms with Crippen molar-refractivity contribution in [3.8, 4) is 11.3 Å². The van der Waals surface area contributed by atoms with Gasteiger partial charge in [0.15, 0.2) is 0 Å². The molecule has 0 atom stereocenters. The number of aromatic nitrogens is 1. The minimum absolute atomic E-state index is 0. The van der Waals surface area contributed by atoms with Crippen molar-refractivity contribution in [2.24, 2.45) is 0 Å². The van der Waals surface area contributed by atoms with E-state index in [0.717, 1.165) is 22.1 Å². The topological polar surface area (TPSA) is 71.1 Å².